The first kappa shape index (κ1) is 13.9. The van der Waals surface area contributed by atoms with Gasteiger partial charge in [-0.15, -0.1) is 0 Å². The average Bonchev–Trinajstić information content (AvgIpc) is 2.36. The Balaban J connectivity index is 2.05. The van der Waals surface area contributed by atoms with E-state index >= 15 is 0 Å². The third-order valence-electron chi connectivity index (χ3n) is 4.19. The Kier molecular flexibility index (Phi) is 4.13. The maximum atomic E-state index is 12.2. The summed E-state index contributed by atoms with van der Waals surface area (Å²) in [5.74, 6) is 1.30. The minimum Gasteiger partial charge on any atom is -0.508 e. The largest absolute Gasteiger partial charge is 0.508 e. The van der Waals surface area contributed by atoms with Crippen LogP contribution in [0.2, 0.25) is 0 Å². The summed E-state index contributed by atoms with van der Waals surface area (Å²) in [6, 6.07) is 3.54. The molecule has 19 heavy (non-hydrogen) atoms. The van der Waals surface area contributed by atoms with Gasteiger partial charge in [0, 0.05) is 11.6 Å². The molecule has 0 unspecified atom stereocenters. The minimum atomic E-state index is 0.125. The van der Waals surface area contributed by atoms with E-state index < -0.39 is 0 Å². The predicted molar refractivity (Wildman–Crippen MR) is 77.3 cm³/mol. The lowest BCUT2D eigenvalue weighted by molar-refractivity contribution is -0.121. The molecular weight excluding hydrogens is 238 g/mol. The van der Waals surface area contributed by atoms with Crippen molar-refractivity contribution < 1.29 is 9.90 Å². The summed E-state index contributed by atoms with van der Waals surface area (Å²) in [6.45, 7) is 5.99. The van der Waals surface area contributed by atoms with Crippen LogP contribution >= 0.6 is 0 Å². The van der Waals surface area contributed by atoms with Crippen LogP contribution < -0.4 is 5.32 Å². The number of aryl methyl sites for hydroxylation is 2. The van der Waals surface area contributed by atoms with Crippen molar-refractivity contribution in [1.29, 1.82) is 0 Å². The summed E-state index contributed by atoms with van der Waals surface area (Å²) in [5.41, 5.74) is 2.51. The van der Waals surface area contributed by atoms with E-state index in [0.29, 0.717) is 0 Å². The van der Waals surface area contributed by atoms with E-state index in [0.717, 1.165) is 48.4 Å². The van der Waals surface area contributed by atoms with Crippen molar-refractivity contribution >= 4 is 11.6 Å². The molecule has 3 heteroatoms. The molecule has 104 valence electrons. The van der Waals surface area contributed by atoms with Crippen LogP contribution in [0.5, 0.6) is 5.75 Å². The van der Waals surface area contributed by atoms with E-state index in [1.165, 1.54) is 0 Å². The second kappa shape index (κ2) is 5.64. The summed E-state index contributed by atoms with van der Waals surface area (Å²) in [4.78, 5) is 12.2. The molecule has 1 aromatic rings. The summed E-state index contributed by atoms with van der Waals surface area (Å²) < 4.78 is 0. The number of carbonyl (C=O) groups is 1. The van der Waals surface area contributed by atoms with Gasteiger partial charge in [0.15, 0.2) is 0 Å². The van der Waals surface area contributed by atoms with Gasteiger partial charge in [-0.25, -0.2) is 0 Å². The molecule has 0 spiro atoms. The van der Waals surface area contributed by atoms with E-state index in [1.54, 1.807) is 6.07 Å². The summed E-state index contributed by atoms with van der Waals surface area (Å²) in [6.07, 6.45) is 4.27. The molecule has 1 aliphatic carbocycles. The Morgan fingerprint density at radius 3 is 2.42 bits per heavy atom. The van der Waals surface area contributed by atoms with Crippen LogP contribution in [-0.2, 0) is 4.79 Å². The van der Waals surface area contributed by atoms with Crippen LogP contribution in [0.1, 0.15) is 43.7 Å². The first-order chi connectivity index (χ1) is 8.97. The minimum absolute atomic E-state index is 0.125. The lowest BCUT2D eigenvalue weighted by Gasteiger charge is -2.25. The van der Waals surface area contributed by atoms with E-state index in [9.17, 15) is 9.90 Å². The first-order valence-electron chi connectivity index (χ1n) is 7.08. The highest BCUT2D eigenvalue weighted by Crippen LogP contribution is 2.30. The molecule has 2 rings (SSSR count). The highest BCUT2D eigenvalue weighted by molar-refractivity contribution is 5.93. The number of hydrogen-bond acceptors (Lipinski definition) is 2. The molecule has 1 aliphatic rings. The molecule has 0 aliphatic heterocycles. The van der Waals surface area contributed by atoms with E-state index in [1.807, 2.05) is 19.9 Å². The van der Waals surface area contributed by atoms with Crippen LogP contribution in [0.15, 0.2) is 12.1 Å². The predicted octanol–water partition coefficient (Wildman–Crippen LogP) is 3.77. The zero-order valence-corrected chi connectivity index (χ0v) is 12.0. The van der Waals surface area contributed by atoms with Gasteiger partial charge in [0.2, 0.25) is 5.91 Å². The Morgan fingerprint density at radius 1 is 1.16 bits per heavy atom. The number of nitrogens with one attached hydrogen (secondary N) is 1. The monoisotopic (exact) mass is 261 g/mol. The Labute approximate surface area is 115 Å². The van der Waals surface area contributed by atoms with Crippen molar-refractivity contribution in [1.82, 2.24) is 0 Å². The van der Waals surface area contributed by atoms with Gasteiger partial charge >= 0.3 is 0 Å². The smallest absolute Gasteiger partial charge is 0.227 e. The van der Waals surface area contributed by atoms with Crippen LogP contribution in [0.25, 0.3) is 0 Å². The summed E-state index contributed by atoms with van der Waals surface area (Å²) in [7, 11) is 0. The van der Waals surface area contributed by atoms with Crippen LogP contribution in [-0.4, -0.2) is 11.0 Å². The van der Waals surface area contributed by atoms with Gasteiger partial charge in [-0.2, -0.15) is 0 Å². The number of benzene rings is 1. The number of phenols is 1. The Morgan fingerprint density at radius 2 is 1.79 bits per heavy atom. The van der Waals surface area contributed by atoms with E-state index in [4.69, 9.17) is 0 Å². The van der Waals surface area contributed by atoms with Gasteiger partial charge in [-0.3, -0.25) is 4.79 Å². The van der Waals surface area contributed by atoms with Gasteiger partial charge < -0.3 is 10.4 Å². The molecule has 0 heterocycles. The third-order valence-corrected chi connectivity index (χ3v) is 4.19. The molecule has 0 atom stereocenters. The molecule has 1 fully saturated rings. The molecule has 0 aromatic heterocycles. The van der Waals surface area contributed by atoms with Crippen molar-refractivity contribution in [3.8, 4) is 5.75 Å². The fraction of sp³-hybridized carbons (Fsp3) is 0.562. The van der Waals surface area contributed by atoms with Gasteiger partial charge in [0.25, 0.3) is 0 Å². The lowest BCUT2D eigenvalue weighted by atomic mass is 9.82. The summed E-state index contributed by atoms with van der Waals surface area (Å²) >= 11 is 0. The van der Waals surface area contributed by atoms with Crippen molar-refractivity contribution in [2.75, 3.05) is 5.32 Å². The highest BCUT2D eigenvalue weighted by Gasteiger charge is 2.24. The maximum Gasteiger partial charge on any atom is 0.227 e. The fourth-order valence-electron chi connectivity index (χ4n) is 2.69. The second-order valence-electron chi connectivity index (χ2n) is 5.90. The molecule has 0 radical (unpaired) electrons. The molecule has 0 bridgehead atoms. The topological polar surface area (TPSA) is 49.3 Å². The number of phenolic OH excluding ortho intramolecular Hbond substituents is 1. The van der Waals surface area contributed by atoms with Gasteiger partial charge in [0.1, 0.15) is 5.75 Å². The number of aromatic hydroxyl groups is 1. The van der Waals surface area contributed by atoms with Gasteiger partial charge in [-0.05, 0) is 68.7 Å². The van der Waals surface area contributed by atoms with Gasteiger partial charge in [0.05, 0.1) is 0 Å². The first-order valence-corrected chi connectivity index (χ1v) is 7.08. The van der Waals surface area contributed by atoms with Gasteiger partial charge in [-0.1, -0.05) is 6.92 Å². The molecule has 1 aromatic carbocycles. The normalized spacial score (nSPS) is 23.1. The lowest BCUT2D eigenvalue weighted by Crippen LogP contribution is -2.26. The summed E-state index contributed by atoms with van der Waals surface area (Å²) in [5, 5.41) is 12.6. The third kappa shape index (κ3) is 3.28. The number of rotatable bonds is 2. The quantitative estimate of drug-likeness (QED) is 0.796. The zero-order chi connectivity index (χ0) is 14.0. The van der Waals surface area contributed by atoms with Crippen molar-refractivity contribution in [3.63, 3.8) is 0 Å². The van der Waals surface area contributed by atoms with Crippen LogP contribution in [0.3, 0.4) is 0 Å². The molecule has 1 amide bonds. The number of hydrogen-bond donors (Lipinski definition) is 2. The number of amides is 1. The fourth-order valence-corrected chi connectivity index (χ4v) is 2.69. The molecular formula is C16H23NO2. The number of anilines is 1. The van der Waals surface area contributed by atoms with E-state index in [2.05, 4.69) is 12.2 Å². The SMILES string of the molecule is Cc1cc(NC(=O)C2CCC(C)CC2)c(C)cc1O. The Hall–Kier alpha value is -1.51. The van der Waals surface area contributed by atoms with E-state index in [-0.39, 0.29) is 17.6 Å². The number of carbonyl (C=O) groups excluding carboxylic acids is 1. The highest BCUT2D eigenvalue weighted by atomic mass is 16.3. The average molecular weight is 261 g/mol. The Bertz CT molecular complexity index is 474. The standard InChI is InChI=1S/C16H23NO2/c1-10-4-6-13(7-5-10)16(19)17-14-8-12(3)15(18)9-11(14)2/h8-10,13,18H,4-7H2,1-3H3,(H,17,19). The zero-order valence-electron chi connectivity index (χ0n) is 12.0. The maximum absolute atomic E-state index is 12.2. The van der Waals surface area contributed by atoms with Crippen LogP contribution in [0, 0.1) is 25.7 Å². The van der Waals surface area contributed by atoms with Crippen molar-refractivity contribution in [3.05, 3.63) is 23.3 Å². The molecule has 1 saturated carbocycles. The van der Waals surface area contributed by atoms with Crippen molar-refractivity contribution in [2.24, 2.45) is 11.8 Å². The molecule has 3 nitrogen and oxygen atoms in total. The van der Waals surface area contributed by atoms with Crippen molar-refractivity contribution in [2.45, 2.75) is 46.5 Å². The van der Waals surface area contributed by atoms with Crippen LogP contribution in [0.4, 0.5) is 5.69 Å². The second-order valence-corrected chi connectivity index (χ2v) is 5.90. The molecule has 2 N–H and O–H groups in total. The molecule has 0 saturated heterocycles.